The molecule has 3 rings (SSSR count). The number of sulfonamides is 1. The number of carbonyl (C=O) groups excluding carboxylic acids is 1. The molecule has 2 aromatic carbocycles. The fourth-order valence-electron chi connectivity index (χ4n) is 3.40. The van der Waals surface area contributed by atoms with Crippen molar-refractivity contribution >= 4 is 15.9 Å². The first kappa shape index (κ1) is 20.5. The third-order valence-corrected chi connectivity index (χ3v) is 7.02. The van der Waals surface area contributed by atoms with Crippen molar-refractivity contribution in [3.63, 3.8) is 0 Å². The van der Waals surface area contributed by atoms with Gasteiger partial charge in [0.15, 0.2) is 0 Å². The van der Waals surface area contributed by atoms with Crippen LogP contribution < -0.4 is 5.32 Å². The quantitative estimate of drug-likeness (QED) is 0.830. The van der Waals surface area contributed by atoms with Crippen molar-refractivity contribution in [2.45, 2.75) is 37.6 Å². The Kier molecular flexibility index (Phi) is 6.15. The third kappa shape index (κ3) is 4.59. The van der Waals surface area contributed by atoms with Gasteiger partial charge in [0.25, 0.3) is 0 Å². The highest BCUT2D eigenvalue weighted by atomic mass is 32.2. The van der Waals surface area contributed by atoms with E-state index in [1.807, 2.05) is 38.1 Å². The number of hydrogen-bond acceptors (Lipinski definition) is 3. The number of amides is 1. The van der Waals surface area contributed by atoms with Gasteiger partial charge < -0.3 is 5.32 Å². The van der Waals surface area contributed by atoms with E-state index < -0.39 is 21.8 Å². The van der Waals surface area contributed by atoms with Gasteiger partial charge in [0.2, 0.25) is 15.9 Å². The van der Waals surface area contributed by atoms with Gasteiger partial charge in [0.1, 0.15) is 5.82 Å². The highest BCUT2D eigenvalue weighted by Gasteiger charge is 2.33. The average molecular weight is 405 g/mol. The van der Waals surface area contributed by atoms with Gasteiger partial charge in [-0.25, -0.2) is 12.8 Å². The van der Waals surface area contributed by atoms with Crippen LogP contribution in [0.25, 0.3) is 0 Å². The number of aryl methyl sites for hydroxylation is 1. The van der Waals surface area contributed by atoms with Crippen LogP contribution in [-0.4, -0.2) is 31.7 Å². The lowest BCUT2D eigenvalue weighted by molar-refractivity contribution is -0.126. The monoisotopic (exact) mass is 404 g/mol. The van der Waals surface area contributed by atoms with E-state index in [1.165, 1.54) is 16.4 Å². The molecule has 0 radical (unpaired) electrons. The number of benzene rings is 2. The molecule has 2 aromatic rings. The van der Waals surface area contributed by atoms with E-state index in [0.717, 1.165) is 23.3 Å². The van der Waals surface area contributed by atoms with Gasteiger partial charge in [-0.2, -0.15) is 4.31 Å². The predicted molar refractivity (Wildman–Crippen MR) is 106 cm³/mol. The zero-order valence-corrected chi connectivity index (χ0v) is 16.9. The van der Waals surface area contributed by atoms with E-state index in [9.17, 15) is 17.6 Å². The lowest BCUT2D eigenvalue weighted by Gasteiger charge is -2.32. The normalized spacial score (nSPS) is 19.2. The topological polar surface area (TPSA) is 66.5 Å². The third-order valence-electron chi connectivity index (χ3n) is 5.14. The molecule has 0 aliphatic carbocycles. The molecule has 0 unspecified atom stereocenters. The molecule has 2 atom stereocenters. The number of rotatable bonds is 5. The van der Waals surface area contributed by atoms with E-state index in [0.29, 0.717) is 19.4 Å². The summed E-state index contributed by atoms with van der Waals surface area (Å²) in [7, 11) is -3.74. The molecule has 1 aliphatic heterocycles. The van der Waals surface area contributed by atoms with Gasteiger partial charge in [-0.1, -0.05) is 29.8 Å². The molecule has 0 aromatic heterocycles. The molecule has 150 valence electrons. The van der Waals surface area contributed by atoms with Crippen LogP contribution in [-0.2, 0) is 14.8 Å². The van der Waals surface area contributed by atoms with Gasteiger partial charge in [0.05, 0.1) is 16.9 Å². The first-order chi connectivity index (χ1) is 13.3. The molecule has 1 fully saturated rings. The zero-order chi connectivity index (χ0) is 20.3. The van der Waals surface area contributed by atoms with Crippen molar-refractivity contribution in [3.8, 4) is 0 Å². The summed E-state index contributed by atoms with van der Waals surface area (Å²) < 4.78 is 40.1. The molecular weight excluding hydrogens is 379 g/mol. The Labute approximate surface area is 165 Å². The Morgan fingerprint density at radius 3 is 2.43 bits per heavy atom. The van der Waals surface area contributed by atoms with Crippen LogP contribution in [0.2, 0.25) is 0 Å². The second-order valence-corrected chi connectivity index (χ2v) is 9.24. The fourth-order valence-corrected chi connectivity index (χ4v) is 4.92. The molecule has 0 bridgehead atoms. The Morgan fingerprint density at radius 2 is 1.79 bits per heavy atom. The Hall–Kier alpha value is -2.25. The van der Waals surface area contributed by atoms with Crippen LogP contribution in [0.5, 0.6) is 0 Å². The van der Waals surface area contributed by atoms with E-state index >= 15 is 0 Å². The van der Waals surface area contributed by atoms with E-state index in [-0.39, 0.29) is 23.4 Å². The first-order valence-corrected chi connectivity index (χ1v) is 10.8. The molecule has 1 saturated heterocycles. The van der Waals surface area contributed by atoms with Crippen LogP contribution in [0.1, 0.15) is 36.9 Å². The smallest absolute Gasteiger partial charge is 0.243 e. The van der Waals surface area contributed by atoms with Crippen LogP contribution in [0.3, 0.4) is 0 Å². The van der Waals surface area contributed by atoms with Gasteiger partial charge in [0, 0.05) is 13.1 Å². The molecule has 5 nitrogen and oxygen atoms in total. The van der Waals surface area contributed by atoms with Crippen molar-refractivity contribution in [1.29, 1.82) is 0 Å². The summed E-state index contributed by atoms with van der Waals surface area (Å²) in [5, 5.41) is 2.99. The van der Waals surface area contributed by atoms with Gasteiger partial charge in [-0.15, -0.1) is 0 Å². The average Bonchev–Trinajstić information content (AvgIpc) is 2.69. The predicted octanol–water partition coefficient (Wildman–Crippen LogP) is 3.41. The molecule has 28 heavy (non-hydrogen) atoms. The summed E-state index contributed by atoms with van der Waals surface area (Å²) in [6.07, 6.45) is 1.25. The lowest BCUT2D eigenvalue weighted by atomic mass is 9.97. The van der Waals surface area contributed by atoms with E-state index in [2.05, 4.69) is 5.32 Å². The minimum Gasteiger partial charge on any atom is -0.349 e. The molecule has 7 heteroatoms. The Morgan fingerprint density at radius 1 is 1.14 bits per heavy atom. The largest absolute Gasteiger partial charge is 0.349 e. The summed E-state index contributed by atoms with van der Waals surface area (Å²) in [6, 6.07) is 12.6. The van der Waals surface area contributed by atoms with E-state index in [1.54, 1.807) is 0 Å². The van der Waals surface area contributed by atoms with Crippen molar-refractivity contribution < 1.29 is 17.6 Å². The SMILES string of the molecule is Cc1ccc([C@H](C)NC(=O)[C@H]2CCCN(S(=O)(=O)c3ccc(F)cc3)C2)cc1. The van der Waals surface area contributed by atoms with Crippen LogP contribution in [0, 0.1) is 18.7 Å². The number of nitrogens with one attached hydrogen (secondary N) is 1. The highest BCUT2D eigenvalue weighted by Crippen LogP contribution is 2.25. The molecule has 0 saturated carbocycles. The maximum atomic E-state index is 13.1. The molecule has 1 N–H and O–H groups in total. The maximum Gasteiger partial charge on any atom is 0.243 e. The fraction of sp³-hybridized carbons (Fsp3) is 0.381. The van der Waals surface area contributed by atoms with Gasteiger partial charge in [-0.05, 0) is 56.5 Å². The van der Waals surface area contributed by atoms with Crippen LogP contribution in [0.4, 0.5) is 4.39 Å². The first-order valence-electron chi connectivity index (χ1n) is 9.40. The van der Waals surface area contributed by atoms with Crippen LogP contribution in [0.15, 0.2) is 53.4 Å². The summed E-state index contributed by atoms with van der Waals surface area (Å²) >= 11 is 0. The summed E-state index contributed by atoms with van der Waals surface area (Å²) in [4.78, 5) is 12.8. The summed E-state index contributed by atoms with van der Waals surface area (Å²) in [5.41, 5.74) is 2.15. The standard InChI is InChI=1S/C21H25FN2O3S/c1-15-5-7-17(8-6-15)16(2)23-21(25)18-4-3-13-24(14-18)28(26,27)20-11-9-19(22)10-12-20/h5-12,16,18H,3-4,13-14H2,1-2H3,(H,23,25)/t16-,18-/m0/s1. The summed E-state index contributed by atoms with van der Waals surface area (Å²) in [6.45, 7) is 4.41. The number of piperidine rings is 1. The maximum absolute atomic E-state index is 13.1. The van der Waals surface area contributed by atoms with Crippen molar-refractivity contribution in [1.82, 2.24) is 9.62 Å². The van der Waals surface area contributed by atoms with E-state index in [4.69, 9.17) is 0 Å². The van der Waals surface area contributed by atoms with Gasteiger partial charge in [-0.3, -0.25) is 4.79 Å². The van der Waals surface area contributed by atoms with Gasteiger partial charge >= 0.3 is 0 Å². The molecular formula is C21H25FN2O3S. The second-order valence-electron chi connectivity index (χ2n) is 7.30. The van der Waals surface area contributed by atoms with Crippen molar-refractivity contribution in [2.24, 2.45) is 5.92 Å². The number of carbonyl (C=O) groups is 1. The van der Waals surface area contributed by atoms with Crippen LogP contribution >= 0.6 is 0 Å². The minimum absolute atomic E-state index is 0.0444. The summed E-state index contributed by atoms with van der Waals surface area (Å²) in [5.74, 6) is -1.04. The number of nitrogens with zero attached hydrogens (tertiary/aromatic N) is 1. The minimum atomic E-state index is -3.74. The Balaban J connectivity index is 1.67. The number of hydrogen-bond donors (Lipinski definition) is 1. The molecule has 1 aliphatic rings. The van der Waals surface area contributed by atoms with Crippen molar-refractivity contribution in [3.05, 3.63) is 65.5 Å². The zero-order valence-electron chi connectivity index (χ0n) is 16.1. The number of halogens is 1. The lowest BCUT2D eigenvalue weighted by Crippen LogP contribution is -2.45. The highest BCUT2D eigenvalue weighted by molar-refractivity contribution is 7.89. The molecule has 1 heterocycles. The Bertz CT molecular complexity index is 927. The molecule has 0 spiro atoms. The molecule has 1 amide bonds. The van der Waals surface area contributed by atoms with Crippen molar-refractivity contribution in [2.75, 3.05) is 13.1 Å². The second kappa shape index (κ2) is 8.41.